The third kappa shape index (κ3) is 4.29. The van der Waals surface area contributed by atoms with Crippen molar-refractivity contribution >= 4 is 15.9 Å². The molecule has 2 N–H and O–H groups in total. The average Bonchev–Trinajstić information content (AvgIpc) is 3.09. The van der Waals surface area contributed by atoms with Crippen molar-refractivity contribution in [2.45, 2.75) is 13.0 Å². The van der Waals surface area contributed by atoms with Gasteiger partial charge in [0.2, 0.25) is 10.0 Å². The molecule has 0 radical (unpaired) electrons. The van der Waals surface area contributed by atoms with Crippen LogP contribution in [0.4, 0.5) is 0 Å². The van der Waals surface area contributed by atoms with E-state index in [2.05, 4.69) is 15.5 Å². The van der Waals surface area contributed by atoms with E-state index in [0.717, 1.165) is 11.1 Å². The van der Waals surface area contributed by atoms with Gasteiger partial charge in [-0.25, -0.2) is 8.42 Å². The van der Waals surface area contributed by atoms with Crippen LogP contribution in [0.2, 0.25) is 0 Å². The highest BCUT2D eigenvalue weighted by atomic mass is 32.2. The molecule has 1 atom stereocenters. The molecule has 1 aliphatic rings. The normalized spacial score (nSPS) is 18.6. The minimum absolute atomic E-state index is 0.225. The molecule has 1 aromatic carbocycles. The molecule has 2 heterocycles. The van der Waals surface area contributed by atoms with Gasteiger partial charge in [-0.3, -0.25) is 9.89 Å². The van der Waals surface area contributed by atoms with E-state index >= 15 is 0 Å². The summed E-state index contributed by atoms with van der Waals surface area (Å²) < 4.78 is 30.2. The number of hydrogen-bond acceptors (Lipinski definition) is 5. The van der Waals surface area contributed by atoms with Crippen LogP contribution >= 0.6 is 0 Å². The van der Waals surface area contributed by atoms with E-state index in [1.807, 2.05) is 31.2 Å². The zero-order valence-corrected chi connectivity index (χ0v) is 15.5. The Balaban J connectivity index is 1.66. The fourth-order valence-electron chi connectivity index (χ4n) is 2.90. The van der Waals surface area contributed by atoms with Gasteiger partial charge in [-0.15, -0.1) is 0 Å². The number of carbonyl (C=O) groups excluding carboxylic acids is 1. The quantitative estimate of drug-likeness (QED) is 0.800. The molecule has 1 fully saturated rings. The first-order chi connectivity index (χ1) is 12.3. The van der Waals surface area contributed by atoms with Crippen molar-refractivity contribution in [3.05, 3.63) is 41.6 Å². The van der Waals surface area contributed by atoms with E-state index in [0.29, 0.717) is 24.4 Å². The Morgan fingerprint density at radius 3 is 3.00 bits per heavy atom. The van der Waals surface area contributed by atoms with E-state index in [-0.39, 0.29) is 25.1 Å². The van der Waals surface area contributed by atoms with Crippen LogP contribution in [0.5, 0.6) is 0 Å². The van der Waals surface area contributed by atoms with Crippen molar-refractivity contribution in [1.82, 2.24) is 19.8 Å². The first-order valence-electron chi connectivity index (χ1n) is 8.30. The second-order valence-electron chi connectivity index (χ2n) is 6.35. The Hall–Kier alpha value is -2.23. The SMILES string of the molecule is Cc1cccc(-c2[nH]ncc2C(=O)NC[C@@H]2CN(S(C)(=O)=O)CCO2)c1. The number of H-pyrrole nitrogens is 1. The Kier molecular flexibility index (Phi) is 5.40. The summed E-state index contributed by atoms with van der Waals surface area (Å²) in [5, 5.41) is 9.66. The zero-order chi connectivity index (χ0) is 18.7. The number of morpholine rings is 1. The lowest BCUT2D eigenvalue weighted by molar-refractivity contribution is 0.000442. The van der Waals surface area contributed by atoms with Crippen LogP contribution in [0.25, 0.3) is 11.3 Å². The van der Waals surface area contributed by atoms with Crippen LogP contribution < -0.4 is 5.32 Å². The number of rotatable bonds is 5. The van der Waals surface area contributed by atoms with Crippen LogP contribution in [-0.4, -0.2) is 67.4 Å². The summed E-state index contributed by atoms with van der Waals surface area (Å²) in [5.41, 5.74) is 3.05. The minimum atomic E-state index is -3.26. The number of nitrogens with zero attached hydrogens (tertiary/aromatic N) is 2. The van der Waals surface area contributed by atoms with Gasteiger partial charge >= 0.3 is 0 Å². The summed E-state index contributed by atoms with van der Waals surface area (Å²) in [6, 6.07) is 7.78. The molecule has 26 heavy (non-hydrogen) atoms. The van der Waals surface area contributed by atoms with Gasteiger partial charge in [0.05, 0.1) is 36.4 Å². The standard InChI is InChI=1S/C17H22N4O4S/c1-12-4-3-5-13(8-12)16-15(10-19-20-16)17(22)18-9-14-11-21(6-7-25-14)26(2,23)24/h3-5,8,10,14H,6-7,9,11H2,1-2H3,(H,18,22)(H,19,20)/t14-/m1/s1. The lowest BCUT2D eigenvalue weighted by Gasteiger charge is -2.31. The fourth-order valence-corrected chi connectivity index (χ4v) is 3.74. The second-order valence-corrected chi connectivity index (χ2v) is 8.33. The lowest BCUT2D eigenvalue weighted by Crippen LogP contribution is -2.49. The topological polar surface area (TPSA) is 104 Å². The van der Waals surface area contributed by atoms with Crippen molar-refractivity contribution in [1.29, 1.82) is 0 Å². The molecule has 1 aliphatic heterocycles. The van der Waals surface area contributed by atoms with E-state index < -0.39 is 10.0 Å². The average molecular weight is 378 g/mol. The fraction of sp³-hybridized carbons (Fsp3) is 0.412. The number of benzene rings is 1. The molecule has 9 heteroatoms. The van der Waals surface area contributed by atoms with E-state index in [4.69, 9.17) is 4.74 Å². The predicted molar refractivity (Wildman–Crippen MR) is 97.3 cm³/mol. The highest BCUT2D eigenvalue weighted by Gasteiger charge is 2.27. The molecule has 1 aromatic heterocycles. The summed E-state index contributed by atoms with van der Waals surface area (Å²) in [7, 11) is -3.26. The van der Waals surface area contributed by atoms with Gasteiger partial charge in [0.15, 0.2) is 0 Å². The molecule has 0 aliphatic carbocycles. The van der Waals surface area contributed by atoms with Gasteiger partial charge in [0.25, 0.3) is 5.91 Å². The third-order valence-corrected chi connectivity index (χ3v) is 5.52. The predicted octanol–water partition coefficient (Wildman–Crippen LogP) is 0.775. The molecule has 140 valence electrons. The van der Waals surface area contributed by atoms with Crippen molar-refractivity contribution in [3.8, 4) is 11.3 Å². The zero-order valence-electron chi connectivity index (χ0n) is 14.7. The number of aromatic nitrogens is 2. The molecule has 2 aromatic rings. The summed E-state index contributed by atoms with van der Waals surface area (Å²) in [4.78, 5) is 12.5. The maximum absolute atomic E-state index is 12.5. The minimum Gasteiger partial charge on any atom is -0.374 e. The Morgan fingerprint density at radius 2 is 2.27 bits per heavy atom. The van der Waals surface area contributed by atoms with Crippen LogP contribution in [0, 0.1) is 6.92 Å². The van der Waals surface area contributed by atoms with E-state index in [1.54, 1.807) is 0 Å². The maximum atomic E-state index is 12.5. The number of nitrogens with one attached hydrogen (secondary N) is 2. The second kappa shape index (κ2) is 7.56. The van der Waals surface area contributed by atoms with Crippen molar-refractivity contribution in [2.24, 2.45) is 0 Å². The molecular weight excluding hydrogens is 356 g/mol. The number of sulfonamides is 1. The van der Waals surface area contributed by atoms with Gasteiger partial charge in [-0.1, -0.05) is 23.8 Å². The summed E-state index contributed by atoms with van der Waals surface area (Å²) in [6.45, 7) is 3.09. The molecule has 0 unspecified atom stereocenters. The van der Waals surface area contributed by atoms with Gasteiger partial charge in [0, 0.05) is 25.2 Å². The Morgan fingerprint density at radius 1 is 1.46 bits per heavy atom. The largest absolute Gasteiger partial charge is 0.374 e. The number of aromatic amines is 1. The third-order valence-electron chi connectivity index (χ3n) is 4.25. The molecular formula is C17H22N4O4S. The molecule has 1 saturated heterocycles. The van der Waals surface area contributed by atoms with Crippen LogP contribution in [0.15, 0.2) is 30.5 Å². The smallest absolute Gasteiger partial charge is 0.255 e. The molecule has 0 spiro atoms. The lowest BCUT2D eigenvalue weighted by atomic mass is 10.1. The number of amides is 1. The summed E-state index contributed by atoms with van der Waals surface area (Å²) >= 11 is 0. The van der Waals surface area contributed by atoms with Crippen LogP contribution in [-0.2, 0) is 14.8 Å². The van der Waals surface area contributed by atoms with Crippen LogP contribution in [0.3, 0.4) is 0 Å². The van der Waals surface area contributed by atoms with Crippen molar-refractivity contribution < 1.29 is 17.9 Å². The van der Waals surface area contributed by atoms with E-state index in [9.17, 15) is 13.2 Å². The van der Waals surface area contributed by atoms with Crippen molar-refractivity contribution in [2.75, 3.05) is 32.5 Å². The first kappa shape index (κ1) is 18.6. The van der Waals surface area contributed by atoms with Gasteiger partial charge in [0.1, 0.15) is 0 Å². The van der Waals surface area contributed by atoms with Gasteiger partial charge < -0.3 is 10.1 Å². The van der Waals surface area contributed by atoms with Gasteiger partial charge in [-0.2, -0.15) is 9.40 Å². The van der Waals surface area contributed by atoms with Crippen molar-refractivity contribution in [3.63, 3.8) is 0 Å². The molecule has 3 rings (SSSR count). The number of hydrogen-bond donors (Lipinski definition) is 2. The monoisotopic (exact) mass is 378 g/mol. The molecule has 1 amide bonds. The van der Waals surface area contributed by atoms with Crippen LogP contribution in [0.1, 0.15) is 15.9 Å². The Bertz CT molecular complexity index is 894. The summed E-state index contributed by atoms with van der Waals surface area (Å²) in [5.74, 6) is -0.282. The molecule has 8 nitrogen and oxygen atoms in total. The molecule has 0 bridgehead atoms. The Labute approximate surface area is 152 Å². The van der Waals surface area contributed by atoms with Gasteiger partial charge in [-0.05, 0) is 13.0 Å². The molecule has 0 saturated carbocycles. The highest BCUT2D eigenvalue weighted by molar-refractivity contribution is 7.88. The first-order valence-corrected chi connectivity index (χ1v) is 10.1. The maximum Gasteiger partial charge on any atom is 0.255 e. The number of ether oxygens (including phenoxy) is 1. The highest BCUT2D eigenvalue weighted by Crippen LogP contribution is 2.22. The summed E-state index contributed by atoms with van der Waals surface area (Å²) in [6.07, 6.45) is 2.28. The van der Waals surface area contributed by atoms with E-state index in [1.165, 1.54) is 16.8 Å². The number of carbonyl (C=O) groups is 1. The number of aryl methyl sites for hydroxylation is 1.